The maximum Gasteiger partial charge on any atom is 0.362 e. The molecule has 1 atom stereocenters. The van der Waals surface area contributed by atoms with Crippen LogP contribution in [0.3, 0.4) is 0 Å². The minimum Gasteiger partial charge on any atom is -0.367 e. The number of piperazine rings is 1. The zero-order valence-corrected chi connectivity index (χ0v) is 20.6. The number of hydrogen-bond donors (Lipinski definition) is 1. The van der Waals surface area contributed by atoms with Gasteiger partial charge in [-0.15, -0.1) is 0 Å². The number of nitrogens with zero attached hydrogens (tertiary/aromatic N) is 5. The third-order valence-corrected chi connectivity index (χ3v) is 6.69. The van der Waals surface area contributed by atoms with Gasteiger partial charge in [0, 0.05) is 51.4 Å². The first kappa shape index (κ1) is 26.2. The normalized spacial score (nSPS) is 18.4. The van der Waals surface area contributed by atoms with E-state index in [0.29, 0.717) is 43.5 Å². The Morgan fingerprint density at radius 2 is 1.84 bits per heavy atom. The first-order chi connectivity index (χ1) is 17.9. The van der Waals surface area contributed by atoms with Crippen molar-refractivity contribution in [3.63, 3.8) is 0 Å². The van der Waals surface area contributed by atoms with Gasteiger partial charge in [0.25, 0.3) is 0 Å². The van der Waals surface area contributed by atoms with Crippen LogP contribution in [-0.2, 0) is 9.59 Å². The summed E-state index contributed by atoms with van der Waals surface area (Å²) in [6, 6.07) is 9.89. The second kappa shape index (κ2) is 11.9. The number of para-hydroxylation sites is 2. The Balaban J connectivity index is 1.35. The maximum absolute atomic E-state index is 13.9. The minimum atomic E-state index is -1.01. The average Bonchev–Trinajstić information content (AvgIpc) is 2.89. The van der Waals surface area contributed by atoms with Crippen molar-refractivity contribution in [3.05, 3.63) is 59.7 Å². The molecule has 2 heterocycles. The van der Waals surface area contributed by atoms with Crippen molar-refractivity contribution in [2.75, 3.05) is 49.5 Å². The number of benzene rings is 2. The molecule has 2 aliphatic rings. The largest absolute Gasteiger partial charge is 0.367 e. The molecule has 37 heavy (non-hydrogen) atoms. The number of hydrogen-bond acceptors (Lipinski definition) is 5. The van der Waals surface area contributed by atoms with Crippen molar-refractivity contribution in [2.24, 2.45) is 4.99 Å². The highest BCUT2D eigenvalue weighted by atomic mass is 19.2. The smallest absolute Gasteiger partial charge is 0.362 e. The van der Waals surface area contributed by atoms with Crippen LogP contribution < -0.4 is 10.2 Å². The zero-order chi connectivity index (χ0) is 26.4. The topological polar surface area (TPSA) is 88.6 Å². The summed E-state index contributed by atoms with van der Waals surface area (Å²) in [6.45, 7) is 5.86. The fourth-order valence-corrected chi connectivity index (χ4v) is 4.84. The van der Waals surface area contributed by atoms with E-state index in [1.165, 1.54) is 16.1 Å². The van der Waals surface area contributed by atoms with E-state index in [-0.39, 0.29) is 6.54 Å². The van der Waals surface area contributed by atoms with Crippen LogP contribution in [0, 0.1) is 11.6 Å². The van der Waals surface area contributed by atoms with E-state index in [1.54, 1.807) is 6.92 Å². The highest BCUT2D eigenvalue weighted by Crippen LogP contribution is 2.31. The number of anilines is 2. The van der Waals surface area contributed by atoms with E-state index >= 15 is 0 Å². The van der Waals surface area contributed by atoms with E-state index < -0.39 is 23.7 Å². The molecule has 1 N–H and O–H groups in total. The van der Waals surface area contributed by atoms with E-state index in [9.17, 15) is 23.2 Å². The van der Waals surface area contributed by atoms with E-state index in [4.69, 9.17) is 0 Å². The Morgan fingerprint density at radius 3 is 2.54 bits per heavy atom. The molecule has 1 fully saturated rings. The molecule has 4 rings (SSSR count). The van der Waals surface area contributed by atoms with Gasteiger partial charge in [-0.1, -0.05) is 18.2 Å². The molecule has 11 heteroatoms. The van der Waals surface area contributed by atoms with Gasteiger partial charge in [-0.25, -0.2) is 23.6 Å². The second-order valence-electron chi connectivity index (χ2n) is 9.10. The summed E-state index contributed by atoms with van der Waals surface area (Å²) in [5.74, 6) is -1.98. The summed E-state index contributed by atoms with van der Waals surface area (Å²) in [6.07, 6.45) is 2.17. The lowest BCUT2D eigenvalue weighted by Crippen LogP contribution is -2.51. The van der Waals surface area contributed by atoms with Crippen LogP contribution in [-0.4, -0.2) is 78.7 Å². The SMILES string of the molecule is CC1=NC(=O)N(N(C=O)CCCN2CCN(c3ccccc3NC=O)CC2)C(c2ccc(F)c(F)c2)C1. The van der Waals surface area contributed by atoms with Crippen molar-refractivity contribution >= 4 is 35.9 Å². The number of rotatable bonds is 10. The summed E-state index contributed by atoms with van der Waals surface area (Å²) in [7, 11) is 0. The number of hydrazine groups is 1. The monoisotopic (exact) mass is 512 g/mol. The van der Waals surface area contributed by atoms with Crippen LogP contribution >= 0.6 is 0 Å². The van der Waals surface area contributed by atoms with Gasteiger partial charge in [-0.2, -0.15) is 0 Å². The summed E-state index contributed by atoms with van der Waals surface area (Å²) in [5.41, 5.74) is 2.70. The minimum absolute atomic E-state index is 0.274. The number of halogens is 2. The van der Waals surface area contributed by atoms with Gasteiger partial charge in [0.1, 0.15) is 0 Å². The van der Waals surface area contributed by atoms with Crippen LogP contribution in [0.15, 0.2) is 47.5 Å². The number of urea groups is 1. The summed E-state index contributed by atoms with van der Waals surface area (Å²) < 4.78 is 27.4. The molecule has 0 bridgehead atoms. The van der Waals surface area contributed by atoms with Gasteiger partial charge in [0.05, 0.1) is 17.4 Å². The lowest BCUT2D eigenvalue weighted by molar-refractivity contribution is -0.133. The molecule has 1 saturated heterocycles. The van der Waals surface area contributed by atoms with Crippen molar-refractivity contribution in [3.8, 4) is 0 Å². The second-order valence-corrected chi connectivity index (χ2v) is 9.10. The van der Waals surface area contributed by atoms with Gasteiger partial charge in [0.2, 0.25) is 12.8 Å². The fraction of sp³-hybridized carbons (Fsp3) is 0.385. The van der Waals surface area contributed by atoms with Crippen LogP contribution in [0.2, 0.25) is 0 Å². The standard InChI is InChI=1S/C26H30F2N6O3/c1-19-15-25(20-7-8-21(27)22(28)16-20)34(26(37)30-19)33(18-36)10-4-9-31-11-13-32(14-12-31)24-6-3-2-5-23(24)29-17-35/h2-3,5-8,16-18,25H,4,9-15H2,1H3,(H,29,35). The Labute approximate surface area is 214 Å². The summed E-state index contributed by atoms with van der Waals surface area (Å²) >= 11 is 0. The molecule has 9 nitrogen and oxygen atoms in total. The molecule has 0 radical (unpaired) electrons. The first-order valence-corrected chi connectivity index (χ1v) is 12.2. The van der Waals surface area contributed by atoms with Gasteiger partial charge in [-0.3, -0.25) is 19.5 Å². The Hall–Kier alpha value is -3.86. The molecule has 2 aromatic carbocycles. The molecule has 0 saturated carbocycles. The lowest BCUT2D eigenvalue weighted by Gasteiger charge is -2.40. The van der Waals surface area contributed by atoms with Crippen molar-refractivity contribution in [2.45, 2.75) is 25.8 Å². The molecular formula is C26H30F2N6O3. The van der Waals surface area contributed by atoms with Gasteiger partial charge < -0.3 is 10.2 Å². The number of amides is 4. The predicted molar refractivity (Wildman–Crippen MR) is 136 cm³/mol. The number of carbonyl (C=O) groups is 3. The molecule has 2 aliphatic heterocycles. The summed E-state index contributed by atoms with van der Waals surface area (Å²) in [4.78, 5) is 44.2. The van der Waals surface area contributed by atoms with Crippen molar-refractivity contribution < 1.29 is 23.2 Å². The molecule has 0 aromatic heterocycles. The van der Waals surface area contributed by atoms with E-state index in [0.717, 1.165) is 49.7 Å². The van der Waals surface area contributed by atoms with Crippen LogP contribution in [0.1, 0.15) is 31.4 Å². The highest BCUT2D eigenvalue weighted by Gasteiger charge is 2.34. The van der Waals surface area contributed by atoms with Gasteiger partial charge >= 0.3 is 6.03 Å². The number of aliphatic imine (C=N–C) groups is 1. The van der Waals surface area contributed by atoms with Crippen molar-refractivity contribution in [1.29, 1.82) is 0 Å². The number of nitrogens with one attached hydrogen (secondary N) is 1. The molecule has 196 valence electrons. The number of carbonyl (C=O) groups excluding carboxylic acids is 3. The van der Waals surface area contributed by atoms with Crippen LogP contribution in [0.5, 0.6) is 0 Å². The van der Waals surface area contributed by atoms with E-state index in [2.05, 4.69) is 20.1 Å². The third-order valence-electron chi connectivity index (χ3n) is 6.69. The Morgan fingerprint density at radius 1 is 1.08 bits per heavy atom. The summed E-state index contributed by atoms with van der Waals surface area (Å²) in [5, 5.41) is 5.26. The Bertz CT molecular complexity index is 1170. The molecule has 4 amide bonds. The highest BCUT2D eigenvalue weighted by molar-refractivity contribution is 5.96. The molecule has 1 unspecified atom stereocenters. The van der Waals surface area contributed by atoms with Gasteiger partial charge in [-0.05, 0) is 43.2 Å². The molecule has 0 spiro atoms. The quantitative estimate of drug-likeness (QED) is 0.493. The van der Waals surface area contributed by atoms with Crippen molar-refractivity contribution in [1.82, 2.24) is 14.9 Å². The maximum atomic E-state index is 13.9. The molecule has 2 aromatic rings. The third kappa shape index (κ3) is 6.11. The van der Waals surface area contributed by atoms with Crippen LogP contribution in [0.25, 0.3) is 0 Å². The van der Waals surface area contributed by atoms with Gasteiger partial charge in [0.15, 0.2) is 11.6 Å². The molecular weight excluding hydrogens is 482 g/mol. The predicted octanol–water partition coefficient (Wildman–Crippen LogP) is 3.45. The lowest BCUT2D eigenvalue weighted by atomic mass is 9.99. The Kier molecular flexibility index (Phi) is 8.44. The van der Waals surface area contributed by atoms with E-state index in [1.807, 2.05) is 24.3 Å². The molecule has 0 aliphatic carbocycles. The fourth-order valence-electron chi connectivity index (χ4n) is 4.84. The first-order valence-electron chi connectivity index (χ1n) is 12.2. The average molecular weight is 513 g/mol. The zero-order valence-electron chi connectivity index (χ0n) is 20.6. The van der Waals surface area contributed by atoms with Crippen LogP contribution in [0.4, 0.5) is 25.0 Å².